The van der Waals surface area contributed by atoms with E-state index in [9.17, 15) is 14.4 Å². The number of allylic oxidation sites excluding steroid dienone is 1. The zero-order valence-corrected chi connectivity index (χ0v) is 12.5. The second kappa shape index (κ2) is 6.01. The first-order valence-corrected chi connectivity index (χ1v) is 7.29. The topological polar surface area (TPSA) is 60.4 Å². The van der Waals surface area contributed by atoms with Crippen molar-refractivity contribution in [1.29, 1.82) is 0 Å². The minimum absolute atomic E-state index is 0.195. The summed E-state index contributed by atoms with van der Waals surface area (Å²) in [5.41, 5.74) is 1.86. The van der Waals surface area contributed by atoms with Crippen LogP contribution in [0.15, 0.2) is 48.5 Å². The van der Waals surface area contributed by atoms with Gasteiger partial charge in [0.05, 0.1) is 6.61 Å². The zero-order valence-electron chi connectivity index (χ0n) is 12.5. The fourth-order valence-electron chi connectivity index (χ4n) is 2.78. The molecule has 4 nitrogen and oxygen atoms in total. The average Bonchev–Trinajstić information content (AvgIpc) is 2.59. The van der Waals surface area contributed by atoms with Gasteiger partial charge in [-0.1, -0.05) is 42.5 Å². The highest BCUT2D eigenvalue weighted by Gasteiger charge is 2.32. The maximum Gasteiger partial charge on any atom is 0.195 e. The molecule has 0 unspecified atom stereocenters. The Kier molecular flexibility index (Phi) is 3.89. The van der Waals surface area contributed by atoms with Gasteiger partial charge in [-0.25, -0.2) is 0 Å². The molecule has 0 N–H and O–H groups in total. The van der Waals surface area contributed by atoms with E-state index < -0.39 is 0 Å². The van der Waals surface area contributed by atoms with Crippen molar-refractivity contribution in [2.45, 2.75) is 6.92 Å². The van der Waals surface area contributed by atoms with E-state index in [4.69, 9.17) is 4.74 Å². The van der Waals surface area contributed by atoms with Crippen molar-refractivity contribution < 1.29 is 19.1 Å². The molecule has 1 aliphatic rings. The van der Waals surface area contributed by atoms with E-state index in [2.05, 4.69) is 0 Å². The van der Waals surface area contributed by atoms with Crippen molar-refractivity contribution in [3.05, 3.63) is 76.4 Å². The minimum atomic E-state index is -0.234. The largest absolute Gasteiger partial charge is 0.493 e. The average molecular weight is 306 g/mol. The zero-order chi connectivity index (χ0) is 16.4. The summed E-state index contributed by atoms with van der Waals surface area (Å²) in [5, 5.41) is 0. The second-order valence-electron chi connectivity index (χ2n) is 5.03. The summed E-state index contributed by atoms with van der Waals surface area (Å²) in [6.45, 7) is 2.14. The molecule has 2 aromatic carbocycles. The standard InChI is InChI=1S/C19H14O4/c1-2-23-16(10-11-20)14-8-5-9-15-17(14)19(22)13-7-4-3-6-12(13)18(15)21/h3-11H,2H2,1H3. The normalized spacial score (nSPS) is 13.3. The summed E-state index contributed by atoms with van der Waals surface area (Å²) in [7, 11) is 0. The van der Waals surface area contributed by atoms with Crippen LogP contribution in [0.25, 0.3) is 5.76 Å². The van der Waals surface area contributed by atoms with Crippen LogP contribution >= 0.6 is 0 Å². The molecule has 0 bridgehead atoms. The Bertz CT molecular complexity index is 846. The van der Waals surface area contributed by atoms with Crippen LogP contribution in [0.5, 0.6) is 0 Å². The first-order chi connectivity index (χ1) is 11.2. The highest BCUT2D eigenvalue weighted by atomic mass is 16.5. The van der Waals surface area contributed by atoms with Gasteiger partial charge in [0.15, 0.2) is 11.6 Å². The molecule has 2 aromatic rings. The number of ketones is 2. The molecule has 0 fully saturated rings. The number of hydrogen-bond acceptors (Lipinski definition) is 4. The molecule has 0 heterocycles. The number of rotatable bonds is 4. The lowest BCUT2D eigenvalue weighted by atomic mass is 9.81. The van der Waals surface area contributed by atoms with Gasteiger partial charge >= 0.3 is 0 Å². The van der Waals surface area contributed by atoms with Gasteiger partial charge in [-0.3, -0.25) is 14.4 Å². The molecule has 0 aromatic heterocycles. The van der Waals surface area contributed by atoms with Crippen molar-refractivity contribution in [3.63, 3.8) is 0 Å². The molecule has 4 heteroatoms. The summed E-state index contributed by atoms with van der Waals surface area (Å²) < 4.78 is 5.47. The molecule has 1 aliphatic carbocycles. The number of aldehydes is 1. The van der Waals surface area contributed by atoms with E-state index in [1.54, 1.807) is 49.4 Å². The second-order valence-corrected chi connectivity index (χ2v) is 5.03. The summed E-state index contributed by atoms with van der Waals surface area (Å²) in [6.07, 6.45) is 1.87. The predicted molar refractivity (Wildman–Crippen MR) is 85.4 cm³/mol. The quantitative estimate of drug-likeness (QED) is 0.422. The summed E-state index contributed by atoms with van der Waals surface area (Å²) in [5.74, 6) is -0.138. The van der Waals surface area contributed by atoms with Crippen molar-refractivity contribution in [3.8, 4) is 0 Å². The van der Waals surface area contributed by atoms with Gasteiger partial charge in [0.25, 0.3) is 0 Å². The maximum absolute atomic E-state index is 12.9. The van der Waals surface area contributed by atoms with Crippen molar-refractivity contribution in [1.82, 2.24) is 0 Å². The van der Waals surface area contributed by atoms with Crippen LogP contribution in [0.2, 0.25) is 0 Å². The van der Waals surface area contributed by atoms with Gasteiger partial charge in [-0.15, -0.1) is 0 Å². The minimum Gasteiger partial charge on any atom is -0.493 e. The van der Waals surface area contributed by atoms with Crippen LogP contribution in [0, 0.1) is 0 Å². The molecule has 0 aliphatic heterocycles. The van der Waals surface area contributed by atoms with E-state index >= 15 is 0 Å². The van der Waals surface area contributed by atoms with Gasteiger partial charge in [0.2, 0.25) is 0 Å². The molecular formula is C19H14O4. The summed E-state index contributed by atoms with van der Waals surface area (Å²) >= 11 is 0. The molecule has 0 spiro atoms. The third-order valence-electron chi connectivity index (χ3n) is 3.74. The molecule has 23 heavy (non-hydrogen) atoms. The summed E-state index contributed by atoms with van der Waals surface area (Å²) in [6, 6.07) is 11.7. The molecule has 0 saturated carbocycles. The smallest absolute Gasteiger partial charge is 0.195 e. The fraction of sp³-hybridized carbons (Fsp3) is 0.105. The molecular weight excluding hydrogens is 292 g/mol. The van der Waals surface area contributed by atoms with E-state index in [0.717, 1.165) is 0 Å². The Balaban J connectivity index is 2.26. The summed E-state index contributed by atoms with van der Waals surface area (Å²) in [4.78, 5) is 36.4. The number of hydrogen-bond donors (Lipinski definition) is 0. The predicted octanol–water partition coefficient (Wildman–Crippen LogP) is 3.04. The molecule has 0 radical (unpaired) electrons. The Morgan fingerprint density at radius 2 is 1.61 bits per heavy atom. The van der Waals surface area contributed by atoms with Gasteiger partial charge in [0.1, 0.15) is 12.0 Å². The molecule has 3 rings (SSSR count). The van der Waals surface area contributed by atoms with Gasteiger partial charge in [-0.2, -0.15) is 0 Å². The van der Waals surface area contributed by atoms with Crippen molar-refractivity contribution in [2.75, 3.05) is 6.61 Å². The van der Waals surface area contributed by atoms with Gasteiger partial charge in [-0.05, 0) is 6.92 Å². The molecule has 0 amide bonds. The van der Waals surface area contributed by atoms with E-state index in [1.807, 2.05) is 0 Å². The molecule has 0 saturated heterocycles. The molecule has 114 valence electrons. The highest BCUT2D eigenvalue weighted by Crippen LogP contribution is 2.32. The Labute approximate surface area is 133 Å². The van der Waals surface area contributed by atoms with E-state index in [0.29, 0.717) is 40.9 Å². The Hall–Kier alpha value is -3.01. The SMILES string of the molecule is CCOC(=CC=O)c1cccc2c1C(=O)c1ccccc1C2=O. The molecule has 0 atom stereocenters. The van der Waals surface area contributed by atoms with Gasteiger partial charge < -0.3 is 4.74 Å². The number of ether oxygens (including phenoxy) is 1. The number of benzene rings is 2. The first-order valence-electron chi connectivity index (χ1n) is 7.29. The maximum atomic E-state index is 12.9. The number of carbonyl (C=O) groups is 3. The van der Waals surface area contributed by atoms with Crippen LogP contribution in [0.4, 0.5) is 0 Å². The van der Waals surface area contributed by atoms with Crippen LogP contribution < -0.4 is 0 Å². The lowest BCUT2D eigenvalue weighted by molar-refractivity contribution is -0.104. The third-order valence-corrected chi connectivity index (χ3v) is 3.74. The van der Waals surface area contributed by atoms with Crippen molar-refractivity contribution in [2.24, 2.45) is 0 Å². The fourth-order valence-corrected chi connectivity index (χ4v) is 2.78. The van der Waals surface area contributed by atoms with Crippen LogP contribution in [0.1, 0.15) is 44.3 Å². The highest BCUT2D eigenvalue weighted by molar-refractivity contribution is 6.29. The first kappa shape index (κ1) is 14.9. The Morgan fingerprint density at radius 1 is 0.957 bits per heavy atom. The lowest BCUT2D eigenvalue weighted by Crippen LogP contribution is -2.22. The van der Waals surface area contributed by atoms with Crippen molar-refractivity contribution >= 4 is 23.6 Å². The van der Waals surface area contributed by atoms with Crippen LogP contribution in [0.3, 0.4) is 0 Å². The third kappa shape index (κ3) is 2.38. The lowest BCUT2D eigenvalue weighted by Gasteiger charge is -2.21. The van der Waals surface area contributed by atoms with Gasteiger partial charge in [0, 0.05) is 33.9 Å². The number of fused-ring (bicyclic) bond motifs is 2. The van der Waals surface area contributed by atoms with Crippen LogP contribution in [-0.4, -0.2) is 24.5 Å². The van der Waals surface area contributed by atoms with Crippen LogP contribution in [-0.2, 0) is 9.53 Å². The Morgan fingerprint density at radius 3 is 2.26 bits per heavy atom. The van der Waals surface area contributed by atoms with E-state index in [1.165, 1.54) is 6.08 Å². The van der Waals surface area contributed by atoms with E-state index in [-0.39, 0.29) is 17.1 Å². The monoisotopic (exact) mass is 306 g/mol. The number of carbonyl (C=O) groups excluding carboxylic acids is 3.